The Balaban J connectivity index is 2.05. The molecule has 0 bridgehead atoms. The van der Waals surface area contributed by atoms with Crippen LogP contribution in [0.2, 0.25) is 0 Å². The second kappa shape index (κ2) is 6.51. The lowest BCUT2D eigenvalue weighted by molar-refractivity contribution is -0.137. The van der Waals surface area contributed by atoms with Crippen LogP contribution in [0.15, 0.2) is 54.6 Å². The van der Waals surface area contributed by atoms with E-state index < -0.39 is 23.6 Å². The van der Waals surface area contributed by atoms with Crippen molar-refractivity contribution in [2.24, 2.45) is 0 Å². The van der Waals surface area contributed by atoms with Gasteiger partial charge in [0.15, 0.2) is 0 Å². The summed E-state index contributed by atoms with van der Waals surface area (Å²) in [4.78, 5) is 25.0. The highest BCUT2D eigenvalue weighted by Gasteiger charge is 2.30. The second-order valence-corrected chi connectivity index (χ2v) is 4.73. The van der Waals surface area contributed by atoms with E-state index in [2.05, 4.69) is 5.32 Å². The minimum absolute atomic E-state index is 0.109. The fraction of sp³-hybridized carbons (Fsp3) is 0.125. The zero-order valence-electron chi connectivity index (χ0n) is 12.1. The number of carbonyl (C=O) groups is 2. The van der Waals surface area contributed by atoms with Gasteiger partial charge in [-0.2, -0.15) is 13.2 Å². The van der Waals surface area contributed by atoms with E-state index in [1.54, 1.807) is 30.3 Å². The normalized spacial score (nSPS) is 11.0. The summed E-state index contributed by atoms with van der Waals surface area (Å²) < 4.78 is 37.4. The van der Waals surface area contributed by atoms with Gasteiger partial charge in [-0.15, -0.1) is 0 Å². The van der Waals surface area contributed by atoms with E-state index in [0.29, 0.717) is 5.69 Å². The summed E-state index contributed by atoms with van der Waals surface area (Å²) in [5, 5.41) is 2.27. The number of carbonyl (C=O) groups excluding carboxylic acids is 2. The van der Waals surface area contributed by atoms with Crippen LogP contribution in [0.5, 0.6) is 0 Å². The number of amides is 2. The molecule has 0 saturated heterocycles. The lowest BCUT2D eigenvalue weighted by atomic mass is 10.2. The van der Waals surface area contributed by atoms with Gasteiger partial charge in [-0.1, -0.05) is 18.2 Å². The second-order valence-electron chi connectivity index (χ2n) is 4.73. The molecule has 120 valence electrons. The van der Waals surface area contributed by atoms with Crippen molar-refractivity contribution >= 4 is 23.2 Å². The molecule has 2 rings (SSSR count). The number of hydrogen-bond acceptors (Lipinski definition) is 2. The minimum Gasteiger partial charge on any atom is -0.318 e. The molecule has 4 nitrogen and oxygen atoms in total. The predicted octanol–water partition coefficient (Wildman–Crippen LogP) is 3.31. The largest absolute Gasteiger partial charge is 0.416 e. The maximum atomic E-state index is 12.5. The molecule has 0 heterocycles. The van der Waals surface area contributed by atoms with Crippen LogP contribution in [0, 0.1) is 0 Å². The number of anilines is 2. The zero-order chi connectivity index (χ0) is 17.0. The topological polar surface area (TPSA) is 49.4 Å². The Morgan fingerprint density at radius 3 is 2.04 bits per heavy atom. The summed E-state index contributed by atoms with van der Waals surface area (Å²) in [7, 11) is 1.43. The van der Waals surface area contributed by atoms with Crippen LogP contribution in [0.1, 0.15) is 5.56 Å². The molecule has 1 N–H and O–H groups in total. The summed E-state index contributed by atoms with van der Waals surface area (Å²) in [6.07, 6.45) is -4.45. The standard InChI is InChI=1S/C16H13F3N2O2/c1-21(13-5-3-2-4-6-13)15(23)14(22)20-12-9-7-11(8-10-12)16(17,18)19/h2-10H,1H3,(H,20,22). The minimum atomic E-state index is -4.45. The van der Waals surface area contributed by atoms with E-state index in [1.165, 1.54) is 7.05 Å². The van der Waals surface area contributed by atoms with Crippen LogP contribution in [0.25, 0.3) is 0 Å². The first-order valence-electron chi connectivity index (χ1n) is 6.60. The molecular weight excluding hydrogens is 309 g/mol. The number of halogens is 3. The molecule has 0 radical (unpaired) electrons. The van der Waals surface area contributed by atoms with Gasteiger partial charge in [0.25, 0.3) is 0 Å². The lowest BCUT2D eigenvalue weighted by Crippen LogP contribution is -2.37. The number of para-hydroxylation sites is 1. The molecule has 0 aromatic heterocycles. The summed E-state index contributed by atoms with van der Waals surface area (Å²) in [6, 6.07) is 12.4. The summed E-state index contributed by atoms with van der Waals surface area (Å²) in [6.45, 7) is 0. The third-order valence-corrected chi connectivity index (χ3v) is 3.11. The van der Waals surface area contributed by atoms with Crippen LogP contribution in [-0.2, 0) is 15.8 Å². The maximum Gasteiger partial charge on any atom is 0.416 e. The van der Waals surface area contributed by atoms with Gasteiger partial charge in [0.05, 0.1) is 5.56 Å². The highest BCUT2D eigenvalue weighted by Crippen LogP contribution is 2.29. The number of alkyl halides is 3. The fourth-order valence-corrected chi connectivity index (χ4v) is 1.85. The molecule has 23 heavy (non-hydrogen) atoms. The SMILES string of the molecule is CN(C(=O)C(=O)Nc1ccc(C(F)(F)F)cc1)c1ccccc1. The van der Waals surface area contributed by atoms with Crippen LogP contribution in [-0.4, -0.2) is 18.9 Å². The average Bonchev–Trinajstić information content (AvgIpc) is 2.54. The average molecular weight is 322 g/mol. The first-order valence-corrected chi connectivity index (χ1v) is 6.60. The molecule has 7 heteroatoms. The molecule has 0 aliphatic carbocycles. The van der Waals surface area contributed by atoms with Crippen LogP contribution >= 0.6 is 0 Å². The first kappa shape index (κ1) is 16.5. The van der Waals surface area contributed by atoms with Gasteiger partial charge < -0.3 is 10.2 Å². The number of benzene rings is 2. The van der Waals surface area contributed by atoms with Gasteiger partial charge in [0, 0.05) is 18.4 Å². The van der Waals surface area contributed by atoms with E-state index in [1.807, 2.05) is 0 Å². The Hall–Kier alpha value is -2.83. The van der Waals surface area contributed by atoms with Gasteiger partial charge in [-0.25, -0.2) is 0 Å². The number of nitrogens with zero attached hydrogens (tertiary/aromatic N) is 1. The highest BCUT2D eigenvalue weighted by molar-refractivity contribution is 6.44. The van der Waals surface area contributed by atoms with Gasteiger partial charge in [-0.3, -0.25) is 9.59 Å². The third-order valence-electron chi connectivity index (χ3n) is 3.11. The van der Waals surface area contributed by atoms with E-state index in [0.717, 1.165) is 29.2 Å². The Bertz CT molecular complexity index is 698. The van der Waals surface area contributed by atoms with Crippen molar-refractivity contribution in [1.82, 2.24) is 0 Å². The Kier molecular flexibility index (Phi) is 4.68. The number of nitrogens with one attached hydrogen (secondary N) is 1. The maximum absolute atomic E-state index is 12.5. The quantitative estimate of drug-likeness (QED) is 0.863. The number of rotatable bonds is 2. The van der Waals surface area contributed by atoms with Gasteiger partial charge >= 0.3 is 18.0 Å². The number of likely N-dealkylation sites (N-methyl/N-ethyl adjacent to an activating group) is 1. The van der Waals surface area contributed by atoms with Crippen LogP contribution < -0.4 is 10.2 Å². The van der Waals surface area contributed by atoms with Crippen molar-refractivity contribution < 1.29 is 22.8 Å². The molecular formula is C16H13F3N2O2. The Labute approximate surface area is 130 Å². The first-order chi connectivity index (χ1) is 10.8. The fourth-order valence-electron chi connectivity index (χ4n) is 1.85. The molecule has 2 aromatic carbocycles. The lowest BCUT2D eigenvalue weighted by Gasteiger charge is -2.16. The van der Waals surface area contributed by atoms with E-state index >= 15 is 0 Å². The van der Waals surface area contributed by atoms with E-state index in [9.17, 15) is 22.8 Å². The van der Waals surface area contributed by atoms with E-state index in [-0.39, 0.29) is 5.69 Å². The Morgan fingerprint density at radius 1 is 0.957 bits per heavy atom. The summed E-state index contributed by atoms with van der Waals surface area (Å²) in [5.41, 5.74) is -0.193. The Morgan fingerprint density at radius 2 is 1.52 bits per heavy atom. The molecule has 0 aliphatic rings. The monoisotopic (exact) mass is 322 g/mol. The molecule has 0 spiro atoms. The van der Waals surface area contributed by atoms with E-state index in [4.69, 9.17) is 0 Å². The molecule has 0 aliphatic heterocycles. The molecule has 0 unspecified atom stereocenters. The van der Waals surface area contributed by atoms with Crippen molar-refractivity contribution in [2.45, 2.75) is 6.18 Å². The van der Waals surface area contributed by atoms with Crippen LogP contribution in [0.3, 0.4) is 0 Å². The van der Waals surface area contributed by atoms with Gasteiger partial charge in [-0.05, 0) is 36.4 Å². The van der Waals surface area contributed by atoms with Crippen molar-refractivity contribution in [3.8, 4) is 0 Å². The van der Waals surface area contributed by atoms with Gasteiger partial charge in [0.2, 0.25) is 0 Å². The summed E-state index contributed by atoms with van der Waals surface area (Å²) in [5.74, 6) is -1.76. The summed E-state index contributed by atoms with van der Waals surface area (Å²) >= 11 is 0. The van der Waals surface area contributed by atoms with Crippen LogP contribution in [0.4, 0.5) is 24.5 Å². The zero-order valence-corrected chi connectivity index (χ0v) is 12.1. The smallest absolute Gasteiger partial charge is 0.318 e. The van der Waals surface area contributed by atoms with Gasteiger partial charge in [0.1, 0.15) is 0 Å². The molecule has 0 fully saturated rings. The predicted molar refractivity (Wildman–Crippen MR) is 79.9 cm³/mol. The molecule has 2 amide bonds. The number of hydrogen-bond donors (Lipinski definition) is 1. The molecule has 0 saturated carbocycles. The van der Waals surface area contributed by atoms with Crippen molar-refractivity contribution in [3.63, 3.8) is 0 Å². The van der Waals surface area contributed by atoms with Crippen molar-refractivity contribution in [3.05, 3.63) is 60.2 Å². The highest BCUT2D eigenvalue weighted by atomic mass is 19.4. The molecule has 0 atom stereocenters. The third kappa shape index (κ3) is 4.09. The van der Waals surface area contributed by atoms with Crippen molar-refractivity contribution in [1.29, 1.82) is 0 Å². The molecule has 2 aromatic rings. The van der Waals surface area contributed by atoms with Crippen molar-refractivity contribution in [2.75, 3.05) is 17.3 Å².